The molecule has 0 fully saturated rings. The van der Waals surface area contributed by atoms with Crippen molar-refractivity contribution in [2.75, 3.05) is 20.1 Å². The lowest BCUT2D eigenvalue weighted by Crippen LogP contribution is -2.29. The standard InChI is InChI=1S/C9H21N3O2/c1-3-4-5-7-12(2)8-6-9(13)14-11-10/h11H,3-8,10H2,1-2H3. The van der Waals surface area contributed by atoms with Crippen molar-refractivity contribution in [1.29, 1.82) is 0 Å². The molecule has 0 spiro atoms. The number of rotatable bonds is 8. The normalized spacial score (nSPS) is 10.6. The van der Waals surface area contributed by atoms with E-state index in [1.165, 1.54) is 19.3 Å². The number of carbonyl (C=O) groups excluding carboxylic acids is 1. The van der Waals surface area contributed by atoms with Crippen molar-refractivity contribution < 1.29 is 9.63 Å². The minimum atomic E-state index is -0.324. The number of hydrogen-bond acceptors (Lipinski definition) is 5. The molecule has 0 aromatic heterocycles. The number of carbonyl (C=O) groups is 1. The van der Waals surface area contributed by atoms with Gasteiger partial charge in [-0.3, -0.25) is 4.79 Å². The first-order valence-corrected chi connectivity index (χ1v) is 5.04. The maximum Gasteiger partial charge on any atom is 0.327 e. The van der Waals surface area contributed by atoms with Crippen molar-refractivity contribution in [3.63, 3.8) is 0 Å². The molecule has 0 saturated carbocycles. The van der Waals surface area contributed by atoms with E-state index in [1.807, 2.05) is 12.6 Å². The molecule has 0 aliphatic rings. The van der Waals surface area contributed by atoms with Crippen LogP contribution < -0.4 is 11.4 Å². The molecule has 0 heterocycles. The molecule has 5 nitrogen and oxygen atoms in total. The van der Waals surface area contributed by atoms with E-state index < -0.39 is 0 Å². The second kappa shape index (κ2) is 8.93. The Morgan fingerprint density at radius 2 is 2.14 bits per heavy atom. The molecule has 0 atom stereocenters. The van der Waals surface area contributed by atoms with Gasteiger partial charge in [0.1, 0.15) is 0 Å². The number of nitrogens with two attached hydrogens (primary N) is 1. The van der Waals surface area contributed by atoms with Gasteiger partial charge in [0.05, 0.1) is 6.42 Å². The van der Waals surface area contributed by atoms with E-state index in [-0.39, 0.29) is 5.97 Å². The summed E-state index contributed by atoms with van der Waals surface area (Å²) in [6.07, 6.45) is 4.00. The van der Waals surface area contributed by atoms with Crippen molar-refractivity contribution >= 4 is 5.97 Å². The highest BCUT2D eigenvalue weighted by Gasteiger charge is 2.04. The van der Waals surface area contributed by atoms with E-state index in [1.54, 1.807) is 0 Å². The van der Waals surface area contributed by atoms with E-state index in [2.05, 4.69) is 16.7 Å². The molecule has 3 N–H and O–H groups in total. The molecule has 0 saturated heterocycles. The maximum absolute atomic E-state index is 10.9. The van der Waals surface area contributed by atoms with Gasteiger partial charge >= 0.3 is 5.97 Å². The van der Waals surface area contributed by atoms with E-state index >= 15 is 0 Å². The van der Waals surface area contributed by atoms with Crippen LogP contribution in [-0.2, 0) is 9.63 Å². The lowest BCUT2D eigenvalue weighted by molar-refractivity contribution is -0.151. The number of nitrogens with zero attached hydrogens (tertiary/aromatic N) is 1. The van der Waals surface area contributed by atoms with Crippen LogP contribution in [0.25, 0.3) is 0 Å². The lowest BCUT2D eigenvalue weighted by atomic mass is 10.2. The monoisotopic (exact) mass is 203 g/mol. The fourth-order valence-electron chi connectivity index (χ4n) is 1.14. The second-order valence-electron chi connectivity index (χ2n) is 3.35. The molecule has 0 amide bonds. The van der Waals surface area contributed by atoms with Crippen molar-refractivity contribution in [3.05, 3.63) is 0 Å². The van der Waals surface area contributed by atoms with Crippen LogP contribution in [0.5, 0.6) is 0 Å². The summed E-state index contributed by atoms with van der Waals surface area (Å²) in [5.74, 6) is 4.50. The zero-order chi connectivity index (χ0) is 10.8. The molecule has 0 aromatic carbocycles. The van der Waals surface area contributed by atoms with Gasteiger partial charge in [-0.15, -0.1) is 0 Å². The summed E-state index contributed by atoms with van der Waals surface area (Å²) in [6, 6.07) is 0. The Hall–Kier alpha value is -0.650. The molecule has 84 valence electrons. The van der Waals surface area contributed by atoms with Crippen LogP contribution in [0.15, 0.2) is 0 Å². The predicted molar refractivity (Wildman–Crippen MR) is 55.1 cm³/mol. The first-order valence-electron chi connectivity index (χ1n) is 5.04. The Kier molecular flexibility index (Phi) is 8.51. The van der Waals surface area contributed by atoms with Crippen LogP contribution in [0.4, 0.5) is 0 Å². The van der Waals surface area contributed by atoms with Crippen molar-refractivity contribution in [3.8, 4) is 0 Å². The highest BCUT2D eigenvalue weighted by atomic mass is 16.7. The van der Waals surface area contributed by atoms with Crippen molar-refractivity contribution in [2.45, 2.75) is 32.6 Å². The Morgan fingerprint density at radius 1 is 1.43 bits per heavy atom. The molecule has 0 bridgehead atoms. The average Bonchev–Trinajstić information content (AvgIpc) is 2.16. The van der Waals surface area contributed by atoms with Crippen LogP contribution in [0, 0.1) is 0 Å². The smallest absolute Gasteiger partial charge is 0.327 e. The van der Waals surface area contributed by atoms with Crippen molar-refractivity contribution in [1.82, 2.24) is 10.5 Å². The summed E-state index contributed by atoms with van der Waals surface area (Å²) in [5, 5.41) is 0. The van der Waals surface area contributed by atoms with E-state index in [4.69, 9.17) is 5.84 Å². The van der Waals surface area contributed by atoms with Crippen LogP contribution in [0.1, 0.15) is 32.6 Å². The SMILES string of the molecule is CCCCCN(C)CCC(=O)ONN. The van der Waals surface area contributed by atoms with Gasteiger partial charge in [0, 0.05) is 6.54 Å². The minimum Gasteiger partial charge on any atom is -0.356 e. The molecular formula is C9H21N3O2. The minimum absolute atomic E-state index is 0.324. The molecule has 0 aromatic rings. The van der Waals surface area contributed by atoms with Gasteiger partial charge in [-0.1, -0.05) is 25.4 Å². The third kappa shape index (κ3) is 7.97. The van der Waals surface area contributed by atoms with Crippen LogP contribution in [0.3, 0.4) is 0 Å². The number of nitrogens with one attached hydrogen (secondary N) is 1. The Morgan fingerprint density at radius 3 is 2.71 bits per heavy atom. The third-order valence-corrected chi connectivity index (χ3v) is 2.01. The summed E-state index contributed by atoms with van der Waals surface area (Å²) < 4.78 is 0. The first-order chi connectivity index (χ1) is 6.70. The molecule has 0 rings (SSSR count). The molecule has 0 radical (unpaired) electrons. The summed E-state index contributed by atoms with van der Waals surface area (Å²) in [6.45, 7) is 3.91. The Balaban J connectivity index is 3.33. The summed E-state index contributed by atoms with van der Waals surface area (Å²) in [4.78, 5) is 17.4. The second-order valence-corrected chi connectivity index (χ2v) is 3.35. The van der Waals surface area contributed by atoms with E-state index in [9.17, 15) is 4.79 Å². The fraction of sp³-hybridized carbons (Fsp3) is 0.889. The number of unbranched alkanes of at least 4 members (excludes halogenated alkanes) is 2. The van der Waals surface area contributed by atoms with Gasteiger partial charge in [-0.2, -0.15) is 0 Å². The number of hydrogen-bond donors (Lipinski definition) is 2. The van der Waals surface area contributed by atoms with Crippen LogP contribution in [-0.4, -0.2) is 31.0 Å². The van der Waals surface area contributed by atoms with Gasteiger partial charge in [0.25, 0.3) is 0 Å². The first kappa shape index (κ1) is 13.4. The highest BCUT2D eigenvalue weighted by Crippen LogP contribution is 1.97. The molecule has 0 unspecified atom stereocenters. The van der Waals surface area contributed by atoms with Gasteiger partial charge in [0.15, 0.2) is 0 Å². The van der Waals surface area contributed by atoms with E-state index in [0.29, 0.717) is 13.0 Å². The highest BCUT2D eigenvalue weighted by molar-refractivity contribution is 5.69. The van der Waals surface area contributed by atoms with E-state index in [0.717, 1.165) is 6.54 Å². The molecule has 14 heavy (non-hydrogen) atoms. The Labute approximate surface area is 85.5 Å². The molecular weight excluding hydrogens is 182 g/mol. The number of hydrazine groups is 1. The molecule has 5 heteroatoms. The molecule has 0 aliphatic heterocycles. The van der Waals surface area contributed by atoms with Crippen LogP contribution >= 0.6 is 0 Å². The quantitative estimate of drug-likeness (QED) is 0.340. The maximum atomic E-state index is 10.9. The predicted octanol–water partition coefficient (Wildman–Crippen LogP) is 0.420. The van der Waals surface area contributed by atoms with Crippen molar-refractivity contribution in [2.24, 2.45) is 5.84 Å². The largest absolute Gasteiger partial charge is 0.356 e. The van der Waals surface area contributed by atoms with Gasteiger partial charge in [0.2, 0.25) is 0 Å². The summed E-state index contributed by atoms with van der Waals surface area (Å²) in [5.41, 5.74) is 1.88. The zero-order valence-electron chi connectivity index (χ0n) is 9.08. The fourth-order valence-corrected chi connectivity index (χ4v) is 1.14. The van der Waals surface area contributed by atoms with Gasteiger partial charge in [-0.25, -0.2) is 5.84 Å². The zero-order valence-corrected chi connectivity index (χ0v) is 9.08. The van der Waals surface area contributed by atoms with Gasteiger partial charge < -0.3 is 9.74 Å². The summed E-state index contributed by atoms with van der Waals surface area (Å²) in [7, 11) is 2.00. The Bertz CT molecular complexity index is 153. The molecule has 0 aliphatic carbocycles. The lowest BCUT2D eigenvalue weighted by Gasteiger charge is -2.15. The topological polar surface area (TPSA) is 67.6 Å². The van der Waals surface area contributed by atoms with Gasteiger partial charge in [-0.05, 0) is 20.0 Å². The van der Waals surface area contributed by atoms with Crippen LogP contribution in [0.2, 0.25) is 0 Å². The summed E-state index contributed by atoms with van der Waals surface area (Å²) >= 11 is 0. The third-order valence-electron chi connectivity index (χ3n) is 2.01. The average molecular weight is 203 g/mol.